The van der Waals surface area contributed by atoms with E-state index in [2.05, 4.69) is 29.0 Å². The molecule has 5 heteroatoms. The van der Waals surface area contributed by atoms with Gasteiger partial charge in [-0.1, -0.05) is 31.3 Å². The fourth-order valence-corrected chi connectivity index (χ4v) is 3.97. The molecule has 1 aromatic carbocycles. The smallest absolute Gasteiger partial charge is 0.210 e. The van der Waals surface area contributed by atoms with Gasteiger partial charge in [-0.15, -0.1) is 0 Å². The average Bonchev–Trinajstić information content (AvgIpc) is 2.79. The Labute approximate surface area is 139 Å². The normalized spacial score (nSPS) is 18.3. The van der Waals surface area contributed by atoms with Crippen molar-refractivity contribution < 1.29 is 9.90 Å². The van der Waals surface area contributed by atoms with Gasteiger partial charge < -0.3 is 5.11 Å². The Morgan fingerprint density at radius 2 is 2.04 bits per heavy atom. The molecule has 1 aromatic heterocycles. The van der Waals surface area contributed by atoms with Crippen LogP contribution in [0, 0.1) is 19.3 Å². The maximum Gasteiger partial charge on any atom is 0.210 e. The molecule has 1 N–H and O–H groups in total. The Balaban J connectivity index is 1.94. The second-order valence-corrected chi connectivity index (χ2v) is 7.99. The van der Waals surface area contributed by atoms with Gasteiger partial charge in [0.05, 0.1) is 15.8 Å². The summed E-state index contributed by atoms with van der Waals surface area (Å²) in [5.41, 5.74) is 3.39. The summed E-state index contributed by atoms with van der Waals surface area (Å²) >= 11 is 1.49. The Morgan fingerprint density at radius 3 is 2.74 bits per heavy atom. The molecule has 2 aromatic rings. The van der Waals surface area contributed by atoms with E-state index in [0.29, 0.717) is 23.5 Å². The molecule has 0 amide bonds. The van der Waals surface area contributed by atoms with E-state index in [0.717, 1.165) is 15.8 Å². The number of Topliss-reactive ketones (excluding diaryl/α,β-unsaturated/α-hetero) is 1. The van der Waals surface area contributed by atoms with E-state index >= 15 is 0 Å². The molecule has 1 aliphatic carbocycles. The van der Waals surface area contributed by atoms with Crippen LogP contribution in [-0.2, 0) is 4.79 Å². The molecule has 0 fully saturated rings. The zero-order chi connectivity index (χ0) is 16.8. The van der Waals surface area contributed by atoms with Crippen molar-refractivity contribution in [1.29, 1.82) is 0 Å². The van der Waals surface area contributed by atoms with Gasteiger partial charge in [-0.25, -0.2) is 9.98 Å². The lowest BCUT2D eigenvalue weighted by atomic mass is 9.77. The van der Waals surface area contributed by atoms with Gasteiger partial charge in [-0.2, -0.15) is 0 Å². The van der Waals surface area contributed by atoms with Crippen LogP contribution in [-0.4, -0.2) is 22.1 Å². The number of carbonyl (C=O) groups is 1. The van der Waals surface area contributed by atoms with Crippen LogP contribution in [0.3, 0.4) is 0 Å². The molecule has 0 saturated carbocycles. The van der Waals surface area contributed by atoms with Crippen LogP contribution >= 0.6 is 11.3 Å². The number of aromatic nitrogens is 1. The minimum Gasteiger partial charge on any atom is -0.511 e. The van der Waals surface area contributed by atoms with Crippen molar-refractivity contribution in [1.82, 2.24) is 4.98 Å². The van der Waals surface area contributed by atoms with Crippen LogP contribution in [0.15, 0.2) is 28.5 Å². The van der Waals surface area contributed by atoms with Crippen LogP contribution in [0.25, 0.3) is 10.2 Å². The molecular weight excluding hydrogens is 308 g/mol. The van der Waals surface area contributed by atoms with Gasteiger partial charge in [0, 0.05) is 19.1 Å². The topological polar surface area (TPSA) is 62.6 Å². The molecular formula is C18H20N2O2S. The van der Waals surface area contributed by atoms with E-state index in [1.165, 1.54) is 23.1 Å². The molecule has 1 heterocycles. The van der Waals surface area contributed by atoms with Crippen LogP contribution in [0.1, 0.15) is 37.8 Å². The van der Waals surface area contributed by atoms with Crippen molar-refractivity contribution in [2.75, 3.05) is 0 Å². The highest BCUT2D eigenvalue weighted by Crippen LogP contribution is 2.36. The number of nitrogens with zero attached hydrogens (tertiary/aromatic N) is 2. The van der Waals surface area contributed by atoms with Gasteiger partial charge in [0.25, 0.3) is 0 Å². The summed E-state index contributed by atoms with van der Waals surface area (Å²) in [5, 5.41) is 10.7. The number of benzene rings is 1. The highest BCUT2D eigenvalue weighted by atomic mass is 32.1. The minimum atomic E-state index is -0.191. The van der Waals surface area contributed by atoms with Gasteiger partial charge in [-0.05, 0) is 36.5 Å². The van der Waals surface area contributed by atoms with Crippen LogP contribution in [0.4, 0.5) is 5.13 Å². The molecule has 3 rings (SSSR count). The Kier molecular flexibility index (Phi) is 3.84. The second-order valence-electron chi connectivity index (χ2n) is 6.98. The summed E-state index contributed by atoms with van der Waals surface area (Å²) in [6.07, 6.45) is 2.39. The summed E-state index contributed by atoms with van der Waals surface area (Å²) in [6.45, 7) is 8.05. The van der Waals surface area contributed by atoms with Gasteiger partial charge >= 0.3 is 0 Å². The number of hydrogen-bond acceptors (Lipinski definition) is 5. The lowest BCUT2D eigenvalue weighted by molar-refractivity contribution is -0.117. The summed E-state index contributed by atoms with van der Waals surface area (Å²) in [7, 11) is 0. The number of aliphatic imine (C=N–C) groups is 1. The average molecular weight is 328 g/mol. The molecule has 0 aliphatic heterocycles. The van der Waals surface area contributed by atoms with E-state index in [1.54, 1.807) is 0 Å². The summed E-state index contributed by atoms with van der Waals surface area (Å²) in [5.74, 6) is 0.0683. The van der Waals surface area contributed by atoms with Crippen molar-refractivity contribution in [2.45, 2.75) is 40.5 Å². The number of thiazole rings is 1. The predicted molar refractivity (Wildman–Crippen MR) is 94.9 cm³/mol. The quantitative estimate of drug-likeness (QED) is 0.804. The van der Waals surface area contributed by atoms with E-state index < -0.39 is 0 Å². The largest absolute Gasteiger partial charge is 0.511 e. The number of allylic oxidation sites excluding steroid dienone is 2. The SMILES string of the molecule is Cc1cc(C)c2nc(/N=C/C3=C(O)CC(C)(C)CC3=O)sc2c1. The first-order valence-corrected chi connectivity index (χ1v) is 8.44. The number of aliphatic hydroxyl groups is 1. The molecule has 0 saturated heterocycles. The number of aliphatic hydroxyl groups excluding tert-OH is 1. The van der Waals surface area contributed by atoms with Crippen molar-refractivity contribution in [3.8, 4) is 0 Å². The fourth-order valence-electron chi connectivity index (χ4n) is 2.98. The Bertz CT molecular complexity index is 859. The molecule has 120 valence electrons. The number of rotatable bonds is 2. The fraction of sp³-hybridized carbons (Fsp3) is 0.389. The number of carbonyl (C=O) groups excluding carboxylic acids is 1. The summed E-state index contributed by atoms with van der Waals surface area (Å²) in [4.78, 5) is 21.0. The van der Waals surface area contributed by atoms with Gasteiger partial charge in [0.2, 0.25) is 5.13 Å². The maximum absolute atomic E-state index is 12.2. The van der Waals surface area contributed by atoms with Gasteiger partial charge in [0.15, 0.2) is 5.78 Å². The first-order chi connectivity index (χ1) is 10.7. The lowest BCUT2D eigenvalue weighted by Crippen LogP contribution is -2.26. The Morgan fingerprint density at radius 1 is 1.30 bits per heavy atom. The third-order valence-corrected chi connectivity index (χ3v) is 4.93. The second kappa shape index (κ2) is 5.57. The highest BCUT2D eigenvalue weighted by molar-refractivity contribution is 7.22. The molecule has 23 heavy (non-hydrogen) atoms. The predicted octanol–water partition coefficient (Wildman–Crippen LogP) is 4.82. The number of aryl methyl sites for hydroxylation is 2. The molecule has 0 bridgehead atoms. The number of hydrogen-bond donors (Lipinski definition) is 1. The standard InChI is InChI=1S/C18H20N2O2S/c1-10-5-11(2)16-15(6-10)23-17(20-16)19-9-12-13(21)7-18(3,4)8-14(12)22/h5-6,9,21H,7-8H2,1-4H3/b19-9+. The molecule has 0 unspecified atom stereocenters. The third-order valence-electron chi connectivity index (χ3n) is 4.02. The molecule has 1 aliphatic rings. The van der Waals surface area contributed by atoms with Crippen LogP contribution in [0.5, 0.6) is 0 Å². The lowest BCUT2D eigenvalue weighted by Gasteiger charge is -2.28. The van der Waals surface area contributed by atoms with E-state index in [-0.39, 0.29) is 17.0 Å². The number of ketones is 1. The summed E-state index contributed by atoms with van der Waals surface area (Å²) in [6, 6.07) is 4.18. The Hall–Kier alpha value is -2.01. The van der Waals surface area contributed by atoms with Crippen molar-refractivity contribution in [3.63, 3.8) is 0 Å². The van der Waals surface area contributed by atoms with Crippen molar-refractivity contribution in [2.24, 2.45) is 10.4 Å². The van der Waals surface area contributed by atoms with Gasteiger partial charge in [-0.3, -0.25) is 4.79 Å². The van der Waals surface area contributed by atoms with Crippen molar-refractivity contribution >= 4 is 38.7 Å². The van der Waals surface area contributed by atoms with Crippen molar-refractivity contribution in [3.05, 3.63) is 34.6 Å². The summed E-state index contributed by atoms with van der Waals surface area (Å²) < 4.78 is 1.09. The zero-order valence-corrected chi connectivity index (χ0v) is 14.6. The van der Waals surface area contributed by atoms with E-state index in [1.807, 2.05) is 20.8 Å². The first kappa shape index (κ1) is 15.9. The third kappa shape index (κ3) is 3.20. The zero-order valence-electron chi connectivity index (χ0n) is 13.8. The molecule has 0 atom stereocenters. The highest BCUT2D eigenvalue weighted by Gasteiger charge is 2.32. The molecule has 4 nitrogen and oxygen atoms in total. The monoisotopic (exact) mass is 328 g/mol. The van der Waals surface area contributed by atoms with E-state index in [4.69, 9.17) is 0 Å². The first-order valence-electron chi connectivity index (χ1n) is 7.62. The number of fused-ring (bicyclic) bond motifs is 1. The van der Waals surface area contributed by atoms with Gasteiger partial charge in [0.1, 0.15) is 5.76 Å². The molecule has 0 spiro atoms. The minimum absolute atomic E-state index is 0.0596. The molecule has 0 radical (unpaired) electrons. The van der Waals surface area contributed by atoms with E-state index in [9.17, 15) is 9.90 Å². The van der Waals surface area contributed by atoms with Crippen LogP contribution < -0.4 is 0 Å². The van der Waals surface area contributed by atoms with Crippen LogP contribution in [0.2, 0.25) is 0 Å². The maximum atomic E-state index is 12.2.